The Bertz CT molecular complexity index is 889. The molecule has 1 atom stereocenters. The van der Waals surface area contributed by atoms with E-state index in [1.54, 1.807) is 14.0 Å². The fourth-order valence-electron chi connectivity index (χ4n) is 3.13. The minimum atomic E-state index is -0.644. The highest BCUT2D eigenvalue weighted by molar-refractivity contribution is 9.10. The molecule has 0 aliphatic heterocycles. The Balaban J connectivity index is 2.18. The van der Waals surface area contributed by atoms with Crippen LogP contribution in [-0.2, 0) is 16.1 Å². The number of rotatable bonds is 9. The Labute approximate surface area is 193 Å². The van der Waals surface area contributed by atoms with E-state index in [-0.39, 0.29) is 31.0 Å². The van der Waals surface area contributed by atoms with Crippen molar-refractivity contribution in [2.75, 3.05) is 13.7 Å². The molecule has 0 saturated heterocycles. The van der Waals surface area contributed by atoms with Gasteiger partial charge in [0.2, 0.25) is 5.91 Å². The molecule has 0 aliphatic carbocycles. The molecule has 0 aliphatic rings. The first-order valence-electron chi connectivity index (χ1n) is 10.2. The topological polar surface area (TPSA) is 67.9 Å². The lowest BCUT2D eigenvalue weighted by molar-refractivity contribution is -0.142. The fraction of sp³-hybridized carbons (Fsp3) is 0.417. The molecule has 0 fully saturated rings. The van der Waals surface area contributed by atoms with Gasteiger partial charge in [-0.05, 0) is 75.6 Å². The van der Waals surface area contributed by atoms with Crippen LogP contribution >= 0.6 is 15.9 Å². The van der Waals surface area contributed by atoms with E-state index in [1.807, 2.05) is 64.1 Å². The summed E-state index contributed by atoms with van der Waals surface area (Å²) in [4.78, 5) is 27.3. The molecule has 2 amide bonds. The SMILES string of the molecule is COc1ccc(CN(C(=O)COc2cc(C)c(Br)c(C)c2)[C@H](C)C(=O)NC(C)C)cc1. The number of halogens is 1. The van der Waals surface area contributed by atoms with Crippen LogP contribution in [0.25, 0.3) is 0 Å². The molecule has 2 aromatic rings. The van der Waals surface area contributed by atoms with E-state index in [4.69, 9.17) is 9.47 Å². The van der Waals surface area contributed by atoms with Gasteiger partial charge in [-0.15, -0.1) is 0 Å². The third-order valence-electron chi connectivity index (χ3n) is 4.88. The smallest absolute Gasteiger partial charge is 0.261 e. The molecule has 6 nitrogen and oxygen atoms in total. The second-order valence-electron chi connectivity index (χ2n) is 7.87. The minimum absolute atomic E-state index is 0.0159. The van der Waals surface area contributed by atoms with Crippen LogP contribution in [0.1, 0.15) is 37.5 Å². The van der Waals surface area contributed by atoms with E-state index < -0.39 is 6.04 Å². The van der Waals surface area contributed by atoms with Crippen molar-refractivity contribution >= 4 is 27.7 Å². The van der Waals surface area contributed by atoms with Gasteiger partial charge in [-0.1, -0.05) is 28.1 Å². The summed E-state index contributed by atoms with van der Waals surface area (Å²) < 4.78 is 12.0. The van der Waals surface area contributed by atoms with Gasteiger partial charge in [-0.25, -0.2) is 0 Å². The lowest BCUT2D eigenvalue weighted by Gasteiger charge is -2.29. The van der Waals surface area contributed by atoms with Gasteiger partial charge in [-0.2, -0.15) is 0 Å². The van der Waals surface area contributed by atoms with Gasteiger partial charge in [0.05, 0.1) is 7.11 Å². The third-order valence-corrected chi connectivity index (χ3v) is 6.13. The first-order valence-corrected chi connectivity index (χ1v) is 11.0. The first-order chi connectivity index (χ1) is 14.6. The lowest BCUT2D eigenvalue weighted by atomic mass is 10.1. The summed E-state index contributed by atoms with van der Waals surface area (Å²) in [5.74, 6) is 0.888. The highest BCUT2D eigenvalue weighted by Crippen LogP contribution is 2.26. The molecule has 0 saturated carbocycles. The van der Waals surface area contributed by atoms with Gasteiger partial charge in [0, 0.05) is 17.1 Å². The van der Waals surface area contributed by atoms with Gasteiger partial charge < -0.3 is 19.7 Å². The molecule has 0 unspecified atom stereocenters. The summed E-state index contributed by atoms with van der Waals surface area (Å²) in [5.41, 5.74) is 2.96. The molecule has 0 aromatic heterocycles. The van der Waals surface area contributed by atoms with Crippen LogP contribution in [0.15, 0.2) is 40.9 Å². The van der Waals surface area contributed by atoms with E-state index in [0.717, 1.165) is 26.9 Å². The number of hydrogen-bond donors (Lipinski definition) is 1. The number of benzene rings is 2. The first kappa shape index (κ1) is 24.7. The summed E-state index contributed by atoms with van der Waals surface area (Å²) in [6.07, 6.45) is 0. The molecule has 1 N–H and O–H groups in total. The van der Waals surface area contributed by atoms with Gasteiger partial charge >= 0.3 is 0 Å². The van der Waals surface area contributed by atoms with E-state index in [1.165, 1.54) is 4.90 Å². The standard InChI is InChI=1S/C24H31BrN2O4/c1-15(2)26-24(29)18(5)27(13-19-7-9-20(30-6)10-8-19)22(28)14-31-21-11-16(3)23(25)17(4)12-21/h7-12,15,18H,13-14H2,1-6H3,(H,26,29)/t18-/m1/s1. The highest BCUT2D eigenvalue weighted by atomic mass is 79.9. The maximum atomic E-state index is 13.1. The van der Waals surface area contributed by atoms with Crippen molar-refractivity contribution in [1.82, 2.24) is 10.2 Å². The number of hydrogen-bond acceptors (Lipinski definition) is 4. The third kappa shape index (κ3) is 6.99. The zero-order valence-corrected chi connectivity index (χ0v) is 20.6. The molecule has 0 heterocycles. The van der Waals surface area contributed by atoms with Crippen LogP contribution in [-0.4, -0.2) is 42.5 Å². The summed E-state index contributed by atoms with van der Waals surface area (Å²) >= 11 is 3.53. The normalized spacial score (nSPS) is 11.7. The molecule has 31 heavy (non-hydrogen) atoms. The van der Waals surface area contributed by atoms with Crippen LogP contribution in [0.2, 0.25) is 0 Å². The molecule has 7 heteroatoms. The summed E-state index contributed by atoms with van der Waals surface area (Å²) in [6, 6.07) is 10.5. The Morgan fingerprint density at radius 2 is 1.61 bits per heavy atom. The highest BCUT2D eigenvalue weighted by Gasteiger charge is 2.27. The van der Waals surface area contributed by atoms with E-state index in [2.05, 4.69) is 21.2 Å². The Kier molecular flexibility index (Phi) is 8.92. The van der Waals surface area contributed by atoms with Crippen LogP contribution in [0.3, 0.4) is 0 Å². The van der Waals surface area contributed by atoms with Crippen LogP contribution in [0.4, 0.5) is 0 Å². The van der Waals surface area contributed by atoms with Gasteiger partial charge in [0.15, 0.2) is 6.61 Å². The number of nitrogens with zero attached hydrogens (tertiary/aromatic N) is 1. The summed E-state index contributed by atoms with van der Waals surface area (Å²) in [6.45, 7) is 9.59. The lowest BCUT2D eigenvalue weighted by Crippen LogP contribution is -2.50. The van der Waals surface area contributed by atoms with Crippen molar-refractivity contribution in [1.29, 1.82) is 0 Å². The minimum Gasteiger partial charge on any atom is -0.497 e. The number of carbonyl (C=O) groups is 2. The van der Waals surface area contributed by atoms with Crippen molar-refractivity contribution in [3.05, 3.63) is 57.6 Å². The van der Waals surface area contributed by atoms with Gasteiger partial charge in [0.25, 0.3) is 5.91 Å². The summed E-state index contributed by atoms with van der Waals surface area (Å²) in [5, 5.41) is 2.88. The summed E-state index contributed by atoms with van der Waals surface area (Å²) in [7, 11) is 1.60. The number of nitrogens with one attached hydrogen (secondary N) is 1. The Morgan fingerprint density at radius 1 is 1.03 bits per heavy atom. The Hall–Kier alpha value is -2.54. The molecule has 2 rings (SSSR count). The number of carbonyl (C=O) groups excluding carboxylic acids is 2. The average molecular weight is 491 g/mol. The van der Waals surface area contributed by atoms with Crippen molar-refractivity contribution in [3.63, 3.8) is 0 Å². The zero-order chi connectivity index (χ0) is 23.1. The number of methoxy groups -OCH3 is 1. The molecule has 0 bridgehead atoms. The zero-order valence-electron chi connectivity index (χ0n) is 19.0. The van der Waals surface area contributed by atoms with Gasteiger partial charge in [-0.3, -0.25) is 9.59 Å². The van der Waals surface area contributed by atoms with Crippen LogP contribution in [0.5, 0.6) is 11.5 Å². The number of ether oxygens (including phenoxy) is 2. The van der Waals surface area contributed by atoms with Gasteiger partial charge in [0.1, 0.15) is 17.5 Å². The molecule has 2 aromatic carbocycles. The average Bonchev–Trinajstić information content (AvgIpc) is 2.73. The molecule has 168 valence electrons. The van der Waals surface area contributed by atoms with E-state index in [0.29, 0.717) is 5.75 Å². The number of amides is 2. The number of aryl methyl sites for hydroxylation is 2. The molecular formula is C24H31BrN2O4. The predicted octanol–water partition coefficient (Wildman–Crippen LogP) is 4.40. The van der Waals surface area contributed by atoms with E-state index >= 15 is 0 Å². The Morgan fingerprint density at radius 3 is 2.13 bits per heavy atom. The largest absolute Gasteiger partial charge is 0.497 e. The predicted molar refractivity (Wildman–Crippen MR) is 125 cm³/mol. The van der Waals surface area contributed by atoms with Crippen molar-refractivity contribution in [2.24, 2.45) is 0 Å². The van der Waals surface area contributed by atoms with Crippen molar-refractivity contribution in [2.45, 2.75) is 53.2 Å². The molecular weight excluding hydrogens is 460 g/mol. The van der Waals surface area contributed by atoms with Crippen molar-refractivity contribution in [3.8, 4) is 11.5 Å². The maximum Gasteiger partial charge on any atom is 0.261 e. The molecule has 0 spiro atoms. The second kappa shape index (κ2) is 11.2. The second-order valence-corrected chi connectivity index (χ2v) is 8.66. The monoisotopic (exact) mass is 490 g/mol. The molecule has 0 radical (unpaired) electrons. The van der Waals surface area contributed by atoms with Crippen molar-refractivity contribution < 1.29 is 19.1 Å². The maximum absolute atomic E-state index is 13.1. The van der Waals surface area contributed by atoms with Crippen LogP contribution < -0.4 is 14.8 Å². The van der Waals surface area contributed by atoms with Crippen LogP contribution in [0, 0.1) is 13.8 Å². The fourth-order valence-corrected chi connectivity index (χ4v) is 3.36. The van der Waals surface area contributed by atoms with E-state index in [9.17, 15) is 9.59 Å². The quantitative estimate of drug-likeness (QED) is 0.565.